The second kappa shape index (κ2) is 12.0. The van der Waals surface area contributed by atoms with Gasteiger partial charge in [0.1, 0.15) is 0 Å². The van der Waals surface area contributed by atoms with Crippen LogP contribution in [0.3, 0.4) is 0 Å². The van der Waals surface area contributed by atoms with Crippen LogP contribution < -0.4 is 0 Å². The van der Waals surface area contributed by atoms with Gasteiger partial charge in [-0.15, -0.1) is 13.5 Å². The van der Waals surface area contributed by atoms with Crippen molar-refractivity contribution in [1.29, 1.82) is 0 Å². The van der Waals surface area contributed by atoms with Gasteiger partial charge in [-0.05, 0) is 26.8 Å². The molecule has 0 aliphatic carbocycles. The van der Waals surface area contributed by atoms with Gasteiger partial charge in [0.25, 0.3) is 0 Å². The molecule has 0 radical (unpaired) electrons. The van der Waals surface area contributed by atoms with Crippen molar-refractivity contribution < 1.29 is 17.1 Å². The topological polar surface area (TPSA) is 0 Å². The molecule has 0 amide bonds. The first kappa shape index (κ1) is 31.1. The molecule has 0 nitrogen and oxygen atoms in total. The summed E-state index contributed by atoms with van der Waals surface area (Å²) in [4.78, 5) is 0. The Kier molecular flexibility index (Phi) is 12.0. The molecule has 0 atom stereocenters. The molecule has 0 aliphatic heterocycles. The van der Waals surface area contributed by atoms with Crippen molar-refractivity contribution in [2.75, 3.05) is 0 Å². The van der Waals surface area contributed by atoms with Crippen LogP contribution in [0, 0.1) is 0 Å². The average Bonchev–Trinajstić information content (AvgIpc) is 3.20. The SMILES string of the molecule is CC(C)(C)P(Cc1ccc[c-]1CP(C(C)(C)C)C(C)(C)C)C(C)(C)C.[Fe].[cH-]1[cH-][cH-][cH-][cH-]1. The van der Waals surface area contributed by atoms with Crippen molar-refractivity contribution in [3.8, 4) is 0 Å². The van der Waals surface area contributed by atoms with Crippen LogP contribution in [-0.2, 0) is 29.4 Å². The van der Waals surface area contributed by atoms with E-state index in [1.807, 2.05) is 30.3 Å². The molecule has 0 heterocycles. The summed E-state index contributed by atoms with van der Waals surface area (Å²) in [5.74, 6) is 0. The molecule has 0 aliphatic rings. The van der Waals surface area contributed by atoms with E-state index in [0.717, 1.165) is 0 Å². The molecular formula is C28H48FeP2-6. The molecule has 184 valence electrons. The molecule has 0 aromatic heterocycles. The Bertz CT molecular complexity index is 619. The Labute approximate surface area is 208 Å². The van der Waals surface area contributed by atoms with Crippen LogP contribution in [0.1, 0.15) is 94.2 Å². The maximum atomic E-state index is 2.43. The second-order valence-electron chi connectivity index (χ2n) is 12.4. The third-order valence-corrected chi connectivity index (χ3v) is 13.3. The predicted octanol–water partition coefficient (Wildman–Crippen LogP) is 9.97. The molecule has 0 fully saturated rings. The molecule has 0 saturated carbocycles. The van der Waals surface area contributed by atoms with E-state index in [1.54, 1.807) is 11.1 Å². The molecular weight excluding hydrogens is 454 g/mol. The Morgan fingerprint density at radius 3 is 1.32 bits per heavy atom. The molecule has 3 heteroatoms. The predicted molar refractivity (Wildman–Crippen MR) is 144 cm³/mol. The van der Waals surface area contributed by atoms with Gasteiger partial charge in [-0.25, -0.2) is 12.1 Å². The van der Waals surface area contributed by atoms with E-state index >= 15 is 0 Å². The molecule has 2 aromatic rings. The van der Waals surface area contributed by atoms with Crippen molar-refractivity contribution in [3.05, 3.63) is 59.7 Å². The third kappa shape index (κ3) is 10.7. The summed E-state index contributed by atoms with van der Waals surface area (Å²) in [6.07, 6.45) is 2.53. The van der Waals surface area contributed by atoms with Gasteiger partial charge < -0.3 is 30.3 Å². The Morgan fingerprint density at radius 1 is 0.645 bits per heavy atom. The minimum Gasteiger partial charge on any atom is -0.748 e. The fraction of sp³-hybridized carbons (Fsp3) is 0.643. The van der Waals surface area contributed by atoms with Gasteiger partial charge in [-0.2, -0.15) is 11.6 Å². The minimum absolute atomic E-state index is 0. The quantitative estimate of drug-likeness (QED) is 0.222. The summed E-state index contributed by atoms with van der Waals surface area (Å²) in [5, 5.41) is 1.56. The summed E-state index contributed by atoms with van der Waals surface area (Å²) in [6, 6.07) is 17.1. The van der Waals surface area contributed by atoms with Crippen LogP contribution in [0.5, 0.6) is 0 Å². The van der Waals surface area contributed by atoms with Gasteiger partial charge in [-0.1, -0.05) is 97.2 Å². The Morgan fingerprint density at radius 2 is 1.00 bits per heavy atom. The van der Waals surface area contributed by atoms with Gasteiger partial charge >= 0.3 is 0 Å². The van der Waals surface area contributed by atoms with E-state index in [0.29, 0.717) is 20.6 Å². The van der Waals surface area contributed by atoms with E-state index < -0.39 is 0 Å². The van der Waals surface area contributed by atoms with E-state index in [1.165, 1.54) is 12.3 Å². The molecule has 0 N–H and O–H groups in total. The van der Waals surface area contributed by atoms with Crippen LogP contribution in [0.25, 0.3) is 0 Å². The zero-order chi connectivity index (χ0) is 23.4. The van der Waals surface area contributed by atoms with Crippen molar-refractivity contribution >= 4 is 15.8 Å². The fourth-order valence-electron chi connectivity index (χ4n) is 4.43. The van der Waals surface area contributed by atoms with Crippen molar-refractivity contribution in [3.63, 3.8) is 0 Å². The Balaban J connectivity index is 0.00000131. The van der Waals surface area contributed by atoms with E-state index in [-0.39, 0.29) is 32.9 Å². The van der Waals surface area contributed by atoms with Crippen LogP contribution in [-0.4, -0.2) is 20.6 Å². The van der Waals surface area contributed by atoms with Crippen molar-refractivity contribution in [1.82, 2.24) is 0 Å². The second-order valence-corrected chi connectivity index (χ2v) is 20.1. The van der Waals surface area contributed by atoms with E-state index in [2.05, 4.69) is 101 Å². The third-order valence-electron chi connectivity index (χ3n) is 5.46. The zero-order valence-electron chi connectivity index (χ0n) is 22.3. The molecule has 0 saturated heterocycles. The largest absolute Gasteiger partial charge is 0.748 e. The molecule has 0 bridgehead atoms. The summed E-state index contributed by atoms with van der Waals surface area (Å²) in [6.45, 7) is 29.2. The molecule has 2 rings (SSSR count). The van der Waals surface area contributed by atoms with Gasteiger partial charge in [0.15, 0.2) is 0 Å². The average molecular weight is 502 g/mol. The Hall–Kier alpha value is 0.0795. The minimum atomic E-state index is -0.0835. The van der Waals surface area contributed by atoms with Gasteiger partial charge in [-0.3, -0.25) is 0 Å². The van der Waals surface area contributed by atoms with Gasteiger partial charge in [0.05, 0.1) is 0 Å². The first-order chi connectivity index (χ1) is 13.4. The normalized spacial score (nSPS) is 13.1. The van der Waals surface area contributed by atoms with Crippen LogP contribution >= 0.6 is 15.8 Å². The van der Waals surface area contributed by atoms with Crippen molar-refractivity contribution in [2.24, 2.45) is 0 Å². The van der Waals surface area contributed by atoms with Crippen molar-refractivity contribution in [2.45, 2.75) is 116 Å². The standard InChI is InChI=1S/C23H43P2.C5H5.Fe/c1-20(2,3)24(21(4,5)6)16-18-14-13-15-19(18)17-25(22(7,8)9)23(10,11)12;1-2-4-5-3-1;/h13-15H,16-17H2,1-12H3;1-5H;/q-1;-5;. The molecule has 0 spiro atoms. The summed E-state index contributed by atoms with van der Waals surface area (Å²) >= 11 is 0. The van der Waals surface area contributed by atoms with Gasteiger partial charge in [0, 0.05) is 17.1 Å². The molecule has 2 aromatic carbocycles. The van der Waals surface area contributed by atoms with E-state index in [9.17, 15) is 0 Å². The smallest absolute Gasteiger partial charge is 0 e. The first-order valence-corrected chi connectivity index (χ1v) is 14.4. The molecule has 31 heavy (non-hydrogen) atoms. The maximum Gasteiger partial charge on any atom is 0 e. The van der Waals surface area contributed by atoms with Crippen LogP contribution in [0.15, 0.2) is 48.5 Å². The van der Waals surface area contributed by atoms with Gasteiger partial charge in [0.2, 0.25) is 0 Å². The number of hydrogen-bond acceptors (Lipinski definition) is 0. The van der Waals surface area contributed by atoms with Crippen LogP contribution in [0.4, 0.5) is 0 Å². The number of rotatable bonds is 4. The summed E-state index contributed by atoms with van der Waals surface area (Å²) < 4.78 is 0. The fourth-order valence-corrected chi connectivity index (χ4v) is 11.6. The monoisotopic (exact) mass is 502 g/mol. The summed E-state index contributed by atoms with van der Waals surface area (Å²) in [5.41, 5.74) is 3.24. The first-order valence-electron chi connectivity index (χ1n) is 11.4. The zero-order valence-corrected chi connectivity index (χ0v) is 25.2. The van der Waals surface area contributed by atoms with Crippen LogP contribution in [0.2, 0.25) is 0 Å². The molecule has 0 unspecified atom stereocenters. The summed E-state index contributed by atoms with van der Waals surface area (Å²) in [7, 11) is -0.167. The number of hydrogen-bond donors (Lipinski definition) is 0. The maximum absolute atomic E-state index is 2.43. The van der Waals surface area contributed by atoms with E-state index in [4.69, 9.17) is 0 Å².